The number of hydrogen-bond donors (Lipinski definition) is 1. The summed E-state index contributed by atoms with van der Waals surface area (Å²) < 4.78 is 1.21. The highest BCUT2D eigenvalue weighted by Crippen LogP contribution is 2.32. The van der Waals surface area contributed by atoms with Crippen molar-refractivity contribution in [2.75, 3.05) is 13.1 Å². The minimum atomic E-state index is 0.333. The van der Waals surface area contributed by atoms with Gasteiger partial charge in [0.15, 0.2) is 0 Å². The Morgan fingerprint density at radius 1 is 1.56 bits per heavy atom. The van der Waals surface area contributed by atoms with Crippen LogP contribution in [0.1, 0.15) is 31.2 Å². The molecule has 2 N–H and O–H groups in total. The van der Waals surface area contributed by atoms with Crippen LogP contribution in [0, 0.1) is 5.92 Å². The molecule has 1 saturated heterocycles. The van der Waals surface area contributed by atoms with E-state index in [2.05, 4.69) is 46.8 Å². The van der Waals surface area contributed by atoms with Crippen LogP contribution in [0.15, 0.2) is 15.9 Å². The van der Waals surface area contributed by atoms with Gasteiger partial charge in [0.2, 0.25) is 0 Å². The minimum Gasteiger partial charge on any atom is -0.326 e. The molecule has 3 atom stereocenters. The van der Waals surface area contributed by atoms with E-state index in [1.807, 2.05) is 11.3 Å². The van der Waals surface area contributed by atoms with Crippen molar-refractivity contribution < 1.29 is 0 Å². The SMILES string of the molecule is CC1CCN(C(C)c2ccc(Br)s2)CC1N. The summed E-state index contributed by atoms with van der Waals surface area (Å²) in [6.45, 7) is 6.73. The summed E-state index contributed by atoms with van der Waals surface area (Å²) in [4.78, 5) is 3.93. The standard InChI is InChI=1S/C12H19BrN2S/c1-8-5-6-15(7-10(8)14)9(2)11-3-4-12(13)16-11/h3-4,8-10H,5-7,14H2,1-2H3. The average molecular weight is 303 g/mol. The van der Waals surface area contributed by atoms with Gasteiger partial charge in [-0.1, -0.05) is 6.92 Å². The van der Waals surface area contributed by atoms with Crippen LogP contribution < -0.4 is 5.73 Å². The highest BCUT2D eigenvalue weighted by Gasteiger charge is 2.27. The van der Waals surface area contributed by atoms with E-state index in [1.165, 1.54) is 21.6 Å². The Labute approximate surface area is 110 Å². The van der Waals surface area contributed by atoms with Gasteiger partial charge in [0.25, 0.3) is 0 Å². The second kappa shape index (κ2) is 5.17. The predicted octanol–water partition coefficient (Wildman–Crippen LogP) is 3.24. The molecular formula is C12H19BrN2S. The van der Waals surface area contributed by atoms with Crippen LogP contribution in [0.4, 0.5) is 0 Å². The largest absolute Gasteiger partial charge is 0.326 e. The summed E-state index contributed by atoms with van der Waals surface area (Å²) in [5.41, 5.74) is 6.14. The summed E-state index contributed by atoms with van der Waals surface area (Å²) in [7, 11) is 0. The Morgan fingerprint density at radius 2 is 2.31 bits per heavy atom. The summed E-state index contributed by atoms with van der Waals surface area (Å²) in [6.07, 6.45) is 1.22. The molecule has 4 heteroatoms. The zero-order valence-electron chi connectivity index (χ0n) is 9.82. The van der Waals surface area contributed by atoms with E-state index >= 15 is 0 Å². The first kappa shape index (κ1) is 12.6. The minimum absolute atomic E-state index is 0.333. The van der Waals surface area contributed by atoms with E-state index in [0.717, 1.165) is 6.54 Å². The van der Waals surface area contributed by atoms with Crippen molar-refractivity contribution in [2.24, 2.45) is 11.7 Å². The quantitative estimate of drug-likeness (QED) is 0.909. The first-order valence-electron chi connectivity index (χ1n) is 5.83. The van der Waals surface area contributed by atoms with E-state index in [4.69, 9.17) is 5.73 Å². The Balaban J connectivity index is 2.02. The van der Waals surface area contributed by atoms with E-state index in [-0.39, 0.29) is 0 Å². The summed E-state index contributed by atoms with van der Waals surface area (Å²) in [6, 6.07) is 5.17. The zero-order chi connectivity index (χ0) is 11.7. The number of nitrogens with zero attached hydrogens (tertiary/aromatic N) is 1. The molecule has 2 heterocycles. The van der Waals surface area contributed by atoms with E-state index in [9.17, 15) is 0 Å². The molecule has 0 spiro atoms. The van der Waals surface area contributed by atoms with Crippen molar-refractivity contribution >= 4 is 27.3 Å². The molecule has 1 aliphatic heterocycles. The second-order valence-corrected chi connectivity index (χ2v) is 7.24. The van der Waals surface area contributed by atoms with Crippen LogP contribution in [-0.4, -0.2) is 24.0 Å². The lowest BCUT2D eigenvalue weighted by atomic mass is 9.93. The zero-order valence-corrected chi connectivity index (χ0v) is 12.2. The Bertz CT molecular complexity index is 353. The van der Waals surface area contributed by atoms with Crippen LogP contribution in [0.25, 0.3) is 0 Å². The smallest absolute Gasteiger partial charge is 0.0701 e. The first-order valence-corrected chi connectivity index (χ1v) is 7.43. The summed E-state index contributed by atoms with van der Waals surface area (Å²) in [5, 5.41) is 0. The van der Waals surface area contributed by atoms with Crippen molar-refractivity contribution in [3.05, 3.63) is 20.8 Å². The van der Waals surface area contributed by atoms with Gasteiger partial charge < -0.3 is 5.73 Å². The van der Waals surface area contributed by atoms with Gasteiger partial charge >= 0.3 is 0 Å². The van der Waals surface area contributed by atoms with Crippen LogP contribution in [0.3, 0.4) is 0 Å². The topological polar surface area (TPSA) is 29.3 Å². The van der Waals surface area contributed by atoms with Crippen LogP contribution in [0.2, 0.25) is 0 Å². The average Bonchev–Trinajstić information content (AvgIpc) is 2.68. The van der Waals surface area contributed by atoms with E-state index in [0.29, 0.717) is 18.0 Å². The van der Waals surface area contributed by atoms with Gasteiger partial charge in [-0.05, 0) is 53.9 Å². The highest BCUT2D eigenvalue weighted by atomic mass is 79.9. The van der Waals surface area contributed by atoms with Gasteiger partial charge in [-0.25, -0.2) is 0 Å². The number of likely N-dealkylation sites (tertiary alicyclic amines) is 1. The number of piperidine rings is 1. The van der Waals surface area contributed by atoms with Gasteiger partial charge in [-0.3, -0.25) is 4.90 Å². The molecular weight excluding hydrogens is 284 g/mol. The molecule has 90 valence electrons. The Morgan fingerprint density at radius 3 is 2.88 bits per heavy atom. The number of nitrogens with two attached hydrogens (primary N) is 1. The molecule has 2 rings (SSSR count). The third kappa shape index (κ3) is 2.67. The second-order valence-electron chi connectivity index (χ2n) is 4.74. The van der Waals surface area contributed by atoms with E-state index < -0.39 is 0 Å². The molecule has 1 fully saturated rings. The fraction of sp³-hybridized carbons (Fsp3) is 0.667. The molecule has 1 aliphatic rings. The molecule has 0 amide bonds. The van der Waals surface area contributed by atoms with Crippen molar-refractivity contribution in [2.45, 2.75) is 32.4 Å². The maximum absolute atomic E-state index is 6.14. The summed E-state index contributed by atoms with van der Waals surface area (Å²) in [5.74, 6) is 0.665. The lowest BCUT2D eigenvalue weighted by Crippen LogP contribution is -2.48. The lowest BCUT2D eigenvalue weighted by Gasteiger charge is -2.38. The maximum atomic E-state index is 6.14. The van der Waals surface area contributed by atoms with Gasteiger partial charge in [0.1, 0.15) is 0 Å². The van der Waals surface area contributed by atoms with Gasteiger partial charge in [-0.15, -0.1) is 11.3 Å². The lowest BCUT2D eigenvalue weighted by molar-refractivity contribution is 0.130. The number of thiophene rings is 1. The Hall–Kier alpha value is 0.1000. The molecule has 16 heavy (non-hydrogen) atoms. The summed E-state index contributed by atoms with van der Waals surface area (Å²) >= 11 is 5.35. The van der Waals surface area contributed by atoms with E-state index in [1.54, 1.807) is 0 Å². The normalized spacial score (nSPS) is 29.2. The molecule has 0 aromatic carbocycles. The van der Waals surface area contributed by atoms with Crippen LogP contribution >= 0.6 is 27.3 Å². The fourth-order valence-corrected chi connectivity index (χ4v) is 3.72. The van der Waals surface area contributed by atoms with Crippen molar-refractivity contribution in [1.29, 1.82) is 0 Å². The van der Waals surface area contributed by atoms with Gasteiger partial charge in [0, 0.05) is 23.5 Å². The number of hydrogen-bond acceptors (Lipinski definition) is 3. The molecule has 2 nitrogen and oxygen atoms in total. The number of rotatable bonds is 2. The molecule has 0 bridgehead atoms. The number of halogens is 1. The molecule has 0 radical (unpaired) electrons. The third-order valence-electron chi connectivity index (χ3n) is 3.60. The highest BCUT2D eigenvalue weighted by molar-refractivity contribution is 9.11. The van der Waals surface area contributed by atoms with Crippen LogP contribution in [0.5, 0.6) is 0 Å². The first-order chi connectivity index (χ1) is 7.58. The third-order valence-corrected chi connectivity index (χ3v) is 5.40. The van der Waals surface area contributed by atoms with Crippen molar-refractivity contribution in [3.63, 3.8) is 0 Å². The maximum Gasteiger partial charge on any atom is 0.0701 e. The Kier molecular flexibility index (Phi) is 4.06. The predicted molar refractivity (Wildman–Crippen MR) is 73.8 cm³/mol. The molecule has 1 aromatic heterocycles. The van der Waals surface area contributed by atoms with Crippen molar-refractivity contribution in [3.8, 4) is 0 Å². The molecule has 0 saturated carbocycles. The van der Waals surface area contributed by atoms with Gasteiger partial charge in [-0.2, -0.15) is 0 Å². The van der Waals surface area contributed by atoms with Crippen molar-refractivity contribution in [1.82, 2.24) is 4.90 Å². The molecule has 0 aliphatic carbocycles. The molecule has 3 unspecified atom stereocenters. The fourth-order valence-electron chi connectivity index (χ4n) is 2.21. The van der Waals surface area contributed by atoms with Gasteiger partial charge in [0.05, 0.1) is 3.79 Å². The van der Waals surface area contributed by atoms with Crippen LogP contribution in [-0.2, 0) is 0 Å². The molecule has 1 aromatic rings. The monoisotopic (exact) mass is 302 g/mol.